The van der Waals surface area contributed by atoms with E-state index in [4.69, 9.17) is 10.2 Å². The van der Waals surface area contributed by atoms with Gasteiger partial charge in [-0.1, -0.05) is 0 Å². The van der Waals surface area contributed by atoms with Crippen LogP contribution in [0.25, 0.3) is 0 Å². The molecule has 4 nitrogen and oxygen atoms in total. The lowest BCUT2D eigenvalue weighted by molar-refractivity contribution is -0.154. The number of hydrogen-bond donors (Lipinski definition) is 2. The SMILES string of the molecule is O=C(O)CN(Cc1cc(O)cc(F)c1)CC(F)(F)F. The van der Waals surface area contributed by atoms with Crippen molar-refractivity contribution in [2.45, 2.75) is 12.7 Å². The molecule has 0 saturated carbocycles. The van der Waals surface area contributed by atoms with Crippen LogP contribution in [-0.2, 0) is 11.3 Å². The van der Waals surface area contributed by atoms with E-state index in [0.717, 1.165) is 18.2 Å². The van der Waals surface area contributed by atoms with Crippen molar-refractivity contribution in [3.63, 3.8) is 0 Å². The minimum absolute atomic E-state index is 0.0583. The molecular weight excluding hydrogens is 270 g/mol. The van der Waals surface area contributed by atoms with Crippen molar-refractivity contribution in [3.8, 4) is 5.75 Å². The maximum atomic E-state index is 13.0. The molecule has 0 bridgehead atoms. The normalized spacial score (nSPS) is 11.8. The number of phenols is 1. The fourth-order valence-electron chi connectivity index (χ4n) is 1.60. The number of rotatable bonds is 5. The summed E-state index contributed by atoms with van der Waals surface area (Å²) in [7, 11) is 0. The van der Waals surface area contributed by atoms with Crippen LogP contribution < -0.4 is 0 Å². The second-order valence-corrected chi connectivity index (χ2v) is 3.97. The first kappa shape index (κ1) is 15.2. The molecule has 0 aromatic heterocycles. The Morgan fingerprint density at radius 1 is 1.26 bits per heavy atom. The van der Waals surface area contributed by atoms with Crippen molar-refractivity contribution >= 4 is 5.97 Å². The predicted molar refractivity (Wildman–Crippen MR) is 57.0 cm³/mol. The molecule has 0 atom stereocenters. The number of carbonyl (C=O) groups is 1. The van der Waals surface area contributed by atoms with Crippen LogP contribution in [0.15, 0.2) is 18.2 Å². The Morgan fingerprint density at radius 3 is 2.37 bits per heavy atom. The summed E-state index contributed by atoms with van der Waals surface area (Å²) in [6.07, 6.45) is -4.56. The van der Waals surface area contributed by atoms with Crippen molar-refractivity contribution in [3.05, 3.63) is 29.6 Å². The fraction of sp³-hybridized carbons (Fsp3) is 0.364. The lowest BCUT2D eigenvalue weighted by Crippen LogP contribution is -2.37. The molecule has 1 rings (SSSR count). The van der Waals surface area contributed by atoms with Gasteiger partial charge in [0.15, 0.2) is 0 Å². The highest BCUT2D eigenvalue weighted by Gasteiger charge is 2.31. The van der Waals surface area contributed by atoms with Gasteiger partial charge in [-0.05, 0) is 17.7 Å². The van der Waals surface area contributed by atoms with Crippen LogP contribution in [0.2, 0.25) is 0 Å². The Labute approximate surface area is 105 Å². The van der Waals surface area contributed by atoms with Gasteiger partial charge in [0.05, 0.1) is 13.1 Å². The zero-order chi connectivity index (χ0) is 14.6. The summed E-state index contributed by atoms with van der Waals surface area (Å²) in [5.41, 5.74) is 0.0583. The Bertz CT molecular complexity index is 441. The van der Waals surface area contributed by atoms with Crippen LogP contribution in [0.4, 0.5) is 17.6 Å². The number of carboxylic acids is 1. The third-order valence-corrected chi connectivity index (χ3v) is 2.11. The van der Waals surface area contributed by atoms with E-state index in [0.29, 0.717) is 4.90 Å². The zero-order valence-corrected chi connectivity index (χ0v) is 9.62. The summed E-state index contributed by atoms with van der Waals surface area (Å²) < 4.78 is 49.7. The number of nitrogens with zero attached hydrogens (tertiary/aromatic N) is 1. The Morgan fingerprint density at radius 2 is 1.89 bits per heavy atom. The minimum atomic E-state index is -4.56. The summed E-state index contributed by atoms with van der Waals surface area (Å²) >= 11 is 0. The van der Waals surface area contributed by atoms with Gasteiger partial charge in [0, 0.05) is 12.6 Å². The van der Waals surface area contributed by atoms with Crippen LogP contribution in [-0.4, -0.2) is 40.3 Å². The highest BCUT2D eigenvalue weighted by molar-refractivity contribution is 5.69. The van der Waals surface area contributed by atoms with Crippen LogP contribution in [0.1, 0.15) is 5.56 Å². The molecule has 1 aromatic carbocycles. The number of hydrogen-bond acceptors (Lipinski definition) is 3. The summed E-state index contributed by atoms with van der Waals surface area (Å²) in [6.45, 7) is -2.70. The smallest absolute Gasteiger partial charge is 0.401 e. The molecule has 0 aliphatic heterocycles. The maximum Gasteiger partial charge on any atom is 0.401 e. The second-order valence-electron chi connectivity index (χ2n) is 3.97. The van der Waals surface area contributed by atoms with E-state index in [1.165, 1.54) is 0 Å². The minimum Gasteiger partial charge on any atom is -0.508 e. The molecule has 0 aliphatic rings. The second kappa shape index (κ2) is 5.87. The number of phenolic OH excluding ortho intramolecular Hbond substituents is 1. The molecule has 0 aliphatic carbocycles. The van der Waals surface area contributed by atoms with E-state index in [-0.39, 0.29) is 5.56 Å². The van der Waals surface area contributed by atoms with E-state index in [2.05, 4.69) is 0 Å². The van der Waals surface area contributed by atoms with E-state index in [1.807, 2.05) is 0 Å². The van der Waals surface area contributed by atoms with Crippen molar-refractivity contribution in [2.75, 3.05) is 13.1 Å². The van der Waals surface area contributed by atoms with E-state index < -0.39 is 43.3 Å². The number of benzene rings is 1. The third-order valence-electron chi connectivity index (χ3n) is 2.11. The number of aromatic hydroxyl groups is 1. The molecule has 1 aromatic rings. The van der Waals surface area contributed by atoms with Gasteiger partial charge in [0.1, 0.15) is 11.6 Å². The lowest BCUT2D eigenvalue weighted by Gasteiger charge is -2.21. The van der Waals surface area contributed by atoms with E-state index in [1.54, 1.807) is 0 Å². The van der Waals surface area contributed by atoms with Gasteiger partial charge in [0.25, 0.3) is 0 Å². The molecule has 0 heterocycles. The fourth-order valence-corrected chi connectivity index (χ4v) is 1.60. The van der Waals surface area contributed by atoms with Gasteiger partial charge in [-0.25, -0.2) is 4.39 Å². The Kier molecular flexibility index (Phi) is 4.71. The molecule has 0 radical (unpaired) electrons. The van der Waals surface area contributed by atoms with Crippen LogP contribution in [0, 0.1) is 5.82 Å². The molecule has 2 N–H and O–H groups in total. The lowest BCUT2D eigenvalue weighted by atomic mass is 10.2. The molecule has 0 saturated heterocycles. The average Bonchev–Trinajstić information content (AvgIpc) is 2.10. The quantitative estimate of drug-likeness (QED) is 0.810. The molecule has 19 heavy (non-hydrogen) atoms. The first-order chi connectivity index (χ1) is 8.65. The molecule has 106 valence electrons. The highest BCUT2D eigenvalue weighted by Crippen LogP contribution is 2.20. The topological polar surface area (TPSA) is 60.8 Å². The molecule has 0 fully saturated rings. The van der Waals surface area contributed by atoms with Crippen LogP contribution >= 0.6 is 0 Å². The van der Waals surface area contributed by atoms with Gasteiger partial charge >= 0.3 is 12.1 Å². The van der Waals surface area contributed by atoms with Crippen molar-refractivity contribution in [2.24, 2.45) is 0 Å². The number of halogens is 4. The summed E-state index contributed by atoms with van der Waals surface area (Å²) in [4.78, 5) is 11.1. The van der Waals surface area contributed by atoms with Gasteiger partial charge in [-0.2, -0.15) is 13.2 Å². The number of alkyl halides is 3. The molecule has 8 heteroatoms. The van der Waals surface area contributed by atoms with Gasteiger partial charge in [0.2, 0.25) is 0 Å². The van der Waals surface area contributed by atoms with Crippen molar-refractivity contribution in [1.82, 2.24) is 4.90 Å². The van der Waals surface area contributed by atoms with E-state index >= 15 is 0 Å². The molecule has 0 spiro atoms. The molecule has 0 amide bonds. The standard InChI is InChI=1S/C11H11F4NO3/c12-8-1-7(2-9(17)3-8)4-16(5-10(18)19)6-11(13,14)15/h1-3,17H,4-6H2,(H,18,19). The number of carboxylic acid groups (broad SMARTS) is 1. The molecule has 0 unspecified atom stereocenters. The summed E-state index contributed by atoms with van der Waals surface area (Å²) in [5.74, 6) is -2.67. The van der Waals surface area contributed by atoms with Gasteiger partial charge < -0.3 is 10.2 Å². The zero-order valence-electron chi connectivity index (χ0n) is 9.62. The van der Waals surface area contributed by atoms with Crippen LogP contribution in [0.3, 0.4) is 0 Å². The molecular formula is C11H11F4NO3. The average molecular weight is 281 g/mol. The highest BCUT2D eigenvalue weighted by atomic mass is 19.4. The Hall–Kier alpha value is -1.83. The maximum absolute atomic E-state index is 13.0. The largest absolute Gasteiger partial charge is 0.508 e. The van der Waals surface area contributed by atoms with Gasteiger partial charge in [-0.15, -0.1) is 0 Å². The first-order valence-corrected chi connectivity index (χ1v) is 5.15. The third kappa shape index (κ3) is 6.05. The Balaban J connectivity index is 2.84. The summed E-state index contributed by atoms with van der Waals surface area (Å²) in [5, 5.41) is 17.7. The number of aliphatic carboxylic acids is 1. The van der Waals surface area contributed by atoms with Crippen LogP contribution in [0.5, 0.6) is 5.75 Å². The van der Waals surface area contributed by atoms with Crippen molar-refractivity contribution < 1.29 is 32.6 Å². The monoisotopic (exact) mass is 281 g/mol. The first-order valence-electron chi connectivity index (χ1n) is 5.15. The van der Waals surface area contributed by atoms with Crippen molar-refractivity contribution in [1.29, 1.82) is 0 Å². The predicted octanol–water partition coefficient (Wildman–Crippen LogP) is 1.98. The van der Waals surface area contributed by atoms with E-state index in [9.17, 15) is 22.4 Å². The van der Waals surface area contributed by atoms with Gasteiger partial charge in [-0.3, -0.25) is 9.69 Å². The summed E-state index contributed by atoms with van der Waals surface area (Å²) in [6, 6.07) is 2.81.